The lowest BCUT2D eigenvalue weighted by Crippen LogP contribution is -2.09. The number of fused-ring (bicyclic) bond motifs is 1. The van der Waals surface area contributed by atoms with Crippen LogP contribution in [0.25, 0.3) is 0 Å². The number of benzene rings is 1. The Hall–Kier alpha value is -1.70. The number of hydrogen-bond acceptors (Lipinski definition) is 2. The van der Waals surface area contributed by atoms with E-state index in [9.17, 15) is 0 Å². The highest BCUT2D eigenvalue weighted by molar-refractivity contribution is 5.44. The molecule has 3 rings (SSSR count). The van der Waals surface area contributed by atoms with Crippen LogP contribution in [0.15, 0.2) is 47.7 Å². The first-order chi connectivity index (χ1) is 10.8. The molecular formula is C20H26O2. The molecule has 0 spiro atoms. The Kier molecular flexibility index (Phi) is 4.87. The van der Waals surface area contributed by atoms with Crippen LogP contribution in [-0.2, 0) is 4.74 Å². The van der Waals surface area contributed by atoms with Gasteiger partial charge in [0, 0.05) is 5.92 Å². The van der Waals surface area contributed by atoms with Crippen molar-refractivity contribution in [3.05, 3.63) is 53.3 Å². The standard InChI is InChI=1S/C20H26O2/c1-21-16-12-10-15(11-13-16)19-14-20(22-2)18-9-7-5-3-4-6-8-17(18)19/h9-14,17,19H,3-8H2,1-2H3/b18-9+/t17-,19+/m1/s1. The third-order valence-corrected chi connectivity index (χ3v) is 5.00. The van der Waals surface area contributed by atoms with Crippen molar-refractivity contribution < 1.29 is 9.47 Å². The van der Waals surface area contributed by atoms with Crippen molar-refractivity contribution in [2.24, 2.45) is 5.92 Å². The van der Waals surface area contributed by atoms with Gasteiger partial charge in [0.1, 0.15) is 11.5 Å². The number of methoxy groups -OCH3 is 2. The molecular weight excluding hydrogens is 272 g/mol. The van der Waals surface area contributed by atoms with Gasteiger partial charge in [0.2, 0.25) is 0 Å². The molecule has 0 unspecified atom stereocenters. The van der Waals surface area contributed by atoms with Gasteiger partial charge in [0.05, 0.1) is 14.2 Å². The number of hydrogen-bond donors (Lipinski definition) is 0. The Bertz CT molecular complexity index is 554. The fraction of sp³-hybridized carbons (Fsp3) is 0.500. The van der Waals surface area contributed by atoms with E-state index < -0.39 is 0 Å². The summed E-state index contributed by atoms with van der Waals surface area (Å²) in [5.74, 6) is 3.02. The van der Waals surface area contributed by atoms with E-state index in [-0.39, 0.29) is 0 Å². The molecule has 2 aliphatic carbocycles. The maximum Gasteiger partial charge on any atom is 0.118 e. The molecule has 0 radical (unpaired) electrons. The van der Waals surface area contributed by atoms with Gasteiger partial charge in [-0.25, -0.2) is 0 Å². The largest absolute Gasteiger partial charge is 0.497 e. The molecule has 1 aromatic rings. The Morgan fingerprint density at radius 2 is 1.68 bits per heavy atom. The van der Waals surface area contributed by atoms with Crippen molar-refractivity contribution in [2.45, 2.75) is 44.4 Å². The first-order valence-electron chi connectivity index (χ1n) is 8.43. The Morgan fingerprint density at radius 3 is 2.41 bits per heavy atom. The lowest BCUT2D eigenvalue weighted by Gasteiger charge is -2.21. The van der Waals surface area contributed by atoms with E-state index in [1.165, 1.54) is 49.7 Å². The summed E-state index contributed by atoms with van der Waals surface area (Å²) in [6.45, 7) is 0. The molecule has 1 aromatic carbocycles. The molecule has 0 bridgehead atoms. The van der Waals surface area contributed by atoms with Crippen LogP contribution >= 0.6 is 0 Å². The van der Waals surface area contributed by atoms with Crippen molar-refractivity contribution in [1.29, 1.82) is 0 Å². The monoisotopic (exact) mass is 298 g/mol. The molecule has 2 heteroatoms. The third kappa shape index (κ3) is 3.06. The van der Waals surface area contributed by atoms with E-state index in [4.69, 9.17) is 9.47 Å². The minimum absolute atomic E-state index is 0.435. The van der Waals surface area contributed by atoms with Gasteiger partial charge >= 0.3 is 0 Å². The Morgan fingerprint density at radius 1 is 0.909 bits per heavy atom. The van der Waals surface area contributed by atoms with Crippen molar-refractivity contribution in [2.75, 3.05) is 14.2 Å². The van der Waals surface area contributed by atoms with Gasteiger partial charge in [-0.1, -0.05) is 37.5 Å². The molecule has 2 nitrogen and oxygen atoms in total. The highest BCUT2D eigenvalue weighted by Gasteiger charge is 2.33. The van der Waals surface area contributed by atoms with Gasteiger partial charge in [0.25, 0.3) is 0 Å². The van der Waals surface area contributed by atoms with Gasteiger partial charge in [-0.15, -0.1) is 0 Å². The number of rotatable bonds is 3. The van der Waals surface area contributed by atoms with Gasteiger partial charge in [0.15, 0.2) is 0 Å². The molecule has 0 saturated heterocycles. The number of ether oxygens (including phenoxy) is 2. The minimum Gasteiger partial charge on any atom is -0.497 e. The zero-order chi connectivity index (χ0) is 15.4. The van der Waals surface area contributed by atoms with Crippen molar-refractivity contribution >= 4 is 0 Å². The van der Waals surface area contributed by atoms with Crippen LogP contribution in [0.3, 0.4) is 0 Å². The van der Waals surface area contributed by atoms with E-state index in [1.54, 1.807) is 14.2 Å². The molecule has 0 heterocycles. The molecule has 22 heavy (non-hydrogen) atoms. The van der Waals surface area contributed by atoms with E-state index in [0.717, 1.165) is 11.5 Å². The second-order valence-corrected chi connectivity index (χ2v) is 6.29. The SMILES string of the molecule is COC1=C[C@@H](c2ccc(OC)cc2)[C@@H]2CCCCCC/C=C/12. The zero-order valence-electron chi connectivity index (χ0n) is 13.7. The van der Waals surface area contributed by atoms with Crippen molar-refractivity contribution in [1.82, 2.24) is 0 Å². The molecule has 2 aliphatic rings. The van der Waals surface area contributed by atoms with Gasteiger partial charge in [-0.2, -0.15) is 0 Å². The highest BCUT2D eigenvalue weighted by atomic mass is 16.5. The summed E-state index contributed by atoms with van der Waals surface area (Å²) in [6.07, 6.45) is 12.5. The van der Waals surface area contributed by atoms with Crippen LogP contribution in [0.1, 0.15) is 50.0 Å². The molecule has 0 saturated carbocycles. The summed E-state index contributed by atoms with van der Waals surface area (Å²) in [4.78, 5) is 0. The fourth-order valence-corrected chi connectivity index (χ4v) is 3.80. The lowest BCUT2D eigenvalue weighted by atomic mass is 9.83. The second-order valence-electron chi connectivity index (χ2n) is 6.29. The summed E-state index contributed by atoms with van der Waals surface area (Å²) in [5.41, 5.74) is 2.80. The fourth-order valence-electron chi connectivity index (χ4n) is 3.80. The minimum atomic E-state index is 0.435. The van der Waals surface area contributed by atoms with E-state index in [1.807, 2.05) is 0 Å². The normalized spacial score (nSPS) is 27.5. The summed E-state index contributed by atoms with van der Waals surface area (Å²) in [6, 6.07) is 8.52. The molecule has 0 fully saturated rings. The zero-order valence-corrected chi connectivity index (χ0v) is 13.7. The molecule has 2 atom stereocenters. The van der Waals surface area contributed by atoms with Crippen LogP contribution < -0.4 is 4.74 Å². The molecule has 118 valence electrons. The van der Waals surface area contributed by atoms with E-state index >= 15 is 0 Å². The maximum atomic E-state index is 5.68. The summed E-state index contributed by atoms with van der Waals surface area (Å²) in [5, 5.41) is 0. The van der Waals surface area contributed by atoms with Gasteiger partial charge < -0.3 is 9.47 Å². The van der Waals surface area contributed by atoms with E-state index in [0.29, 0.717) is 11.8 Å². The summed E-state index contributed by atoms with van der Waals surface area (Å²) < 4.78 is 11.0. The number of allylic oxidation sites excluding steroid dienone is 3. The summed E-state index contributed by atoms with van der Waals surface area (Å²) in [7, 11) is 3.51. The third-order valence-electron chi connectivity index (χ3n) is 5.00. The van der Waals surface area contributed by atoms with Crippen LogP contribution in [0.2, 0.25) is 0 Å². The topological polar surface area (TPSA) is 18.5 Å². The summed E-state index contributed by atoms with van der Waals surface area (Å²) >= 11 is 0. The Balaban J connectivity index is 1.91. The van der Waals surface area contributed by atoms with Crippen molar-refractivity contribution in [3.8, 4) is 5.75 Å². The quantitative estimate of drug-likeness (QED) is 0.761. The van der Waals surface area contributed by atoms with E-state index in [2.05, 4.69) is 36.4 Å². The average Bonchev–Trinajstić information content (AvgIpc) is 2.96. The van der Waals surface area contributed by atoms with Crippen molar-refractivity contribution in [3.63, 3.8) is 0 Å². The second kappa shape index (κ2) is 7.04. The van der Waals surface area contributed by atoms with Crippen LogP contribution in [0.5, 0.6) is 5.75 Å². The van der Waals surface area contributed by atoms with Crippen LogP contribution in [0, 0.1) is 5.92 Å². The van der Waals surface area contributed by atoms with Crippen LogP contribution in [-0.4, -0.2) is 14.2 Å². The predicted molar refractivity (Wildman–Crippen MR) is 90.1 cm³/mol. The molecule has 0 N–H and O–H groups in total. The molecule has 0 amide bonds. The Labute approximate surface area is 133 Å². The van der Waals surface area contributed by atoms with Crippen LogP contribution in [0.4, 0.5) is 0 Å². The predicted octanol–water partition coefficient (Wildman–Crippen LogP) is 5.22. The average molecular weight is 298 g/mol. The van der Waals surface area contributed by atoms with Gasteiger partial charge in [-0.3, -0.25) is 0 Å². The molecule has 0 aliphatic heterocycles. The first kappa shape index (κ1) is 15.2. The molecule has 0 aromatic heterocycles. The van der Waals surface area contributed by atoms with Gasteiger partial charge in [-0.05, 0) is 54.5 Å². The smallest absolute Gasteiger partial charge is 0.118 e. The highest BCUT2D eigenvalue weighted by Crippen LogP contribution is 2.46. The first-order valence-corrected chi connectivity index (χ1v) is 8.43. The lowest BCUT2D eigenvalue weighted by molar-refractivity contribution is 0.298. The maximum absolute atomic E-state index is 5.68.